The van der Waals surface area contributed by atoms with Crippen molar-refractivity contribution in [1.29, 1.82) is 0 Å². The van der Waals surface area contributed by atoms with E-state index in [9.17, 15) is 0 Å². The van der Waals surface area contributed by atoms with Crippen molar-refractivity contribution >= 4 is 61.1 Å². The molecule has 2 aliphatic heterocycles. The van der Waals surface area contributed by atoms with E-state index in [2.05, 4.69) is 278 Å². The Bertz CT molecular complexity index is 4580. The molecule has 4 aliphatic rings. The molecular weight excluding hydrogens is 951 g/mol. The van der Waals surface area contributed by atoms with E-state index < -0.39 is 10.8 Å². The number of anilines is 3. The molecule has 2 nitrogen and oxygen atoms in total. The van der Waals surface area contributed by atoms with Crippen LogP contribution < -0.4 is 9.64 Å². The molecule has 0 radical (unpaired) electrons. The van der Waals surface area contributed by atoms with E-state index in [0.29, 0.717) is 0 Å². The van der Waals surface area contributed by atoms with E-state index in [4.69, 9.17) is 4.74 Å². The van der Waals surface area contributed by atoms with E-state index in [1.54, 1.807) is 0 Å². The average molecular weight is 996 g/mol. The number of benzene rings is 13. The SMILES string of the molecule is c1ccc(-c2ccc3ccc(N(c4ccc5c(c4)C4(c6ccccc6S5)c5ccccc5-c5ccccc54)c4cc5c(c6ccccc46)Oc4c(ccc6ccccc46)C54c5ccccc5-c5ccccc54)cc3c2)cc1. The highest BCUT2D eigenvalue weighted by Gasteiger charge is 2.53. The first kappa shape index (κ1) is 42.9. The van der Waals surface area contributed by atoms with Crippen molar-refractivity contribution in [2.45, 2.75) is 20.6 Å². The topological polar surface area (TPSA) is 12.5 Å². The molecule has 0 amide bonds. The predicted molar refractivity (Wildman–Crippen MR) is 318 cm³/mol. The second-order valence-corrected chi connectivity index (χ2v) is 22.1. The second-order valence-electron chi connectivity index (χ2n) is 21.0. The van der Waals surface area contributed by atoms with Crippen molar-refractivity contribution in [2.24, 2.45) is 0 Å². The summed E-state index contributed by atoms with van der Waals surface area (Å²) in [6, 6.07) is 102. The molecule has 0 saturated carbocycles. The van der Waals surface area contributed by atoms with Crippen LogP contribution in [0.3, 0.4) is 0 Å². The van der Waals surface area contributed by atoms with Crippen LogP contribution in [0.25, 0.3) is 65.7 Å². The first-order valence-corrected chi connectivity index (χ1v) is 27.5. The van der Waals surface area contributed by atoms with Gasteiger partial charge in [0.05, 0.1) is 16.5 Å². The standard InChI is InChI=1S/C74H45NOS/c1-2-18-46(19-3-1)49-35-34-47-36-38-51(43-50(47)42-49)75(52-39-41-70-66(44-52)73(64-32-16-17-33-69(64)77-70)60-28-12-8-22-54(60)55-23-9-13-29-61(55)73)68-45-67-72(59-27-7-6-26-58(59)68)76-71-53-21-5-4-20-48(53)37-40-65(71)74(67)62-30-14-10-24-56(62)57-25-11-15-31-63(57)74/h1-45H. The Morgan fingerprint density at radius 2 is 0.792 bits per heavy atom. The minimum atomic E-state index is -0.712. The Kier molecular flexibility index (Phi) is 8.94. The average Bonchev–Trinajstić information content (AvgIpc) is 4.09. The fraction of sp³-hybridized carbons (Fsp3) is 0.0270. The molecule has 13 aromatic carbocycles. The fourth-order valence-corrected chi connectivity index (χ4v) is 15.4. The Balaban J connectivity index is 0.992. The van der Waals surface area contributed by atoms with E-state index in [1.165, 1.54) is 87.3 Å². The second kappa shape index (κ2) is 16.1. The van der Waals surface area contributed by atoms with Crippen molar-refractivity contribution in [2.75, 3.05) is 4.90 Å². The van der Waals surface area contributed by atoms with Crippen molar-refractivity contribution < 1.29 is 4.74 Å². The van der Waals surface area contributed by atoms with Gasteiger partial charge < -0.3 is 9.64 Å². The molecule has 2 spiro atoms. The van der Waals surface area contributed by atoms with E-state index in [-0.39, 0.29) is 0 Å². The minimum absolute atomic E-state index is 0.556. The van der Waals surface area contributed by atoms with Gasteiger partial charge in [-0.25, -0.2) is 0 Å². The molecule has 13 aromatic rings. The van der Waals surface area contributed by atoms with Crippen LogP contribution in [0.2, 0.25) is 0 Å². The quantitative estimate of drug-likeness (QED) is 0.174. The van der Waals surface area contributed by atoms with Crippen molar-refractivity contribution in [3.63, 3.8) is 0 Å². The van der Waals surface area contributed by atoms with Crippen LogP contribution in [-0.4, -0.2) is 0 Å². The molecule has 0 fully saturated rings. The van der Waals surface area contributed by atoms with Crippen LogP contribution in [0, 0.1) is 0 Å². The number of rotatable bonds is 4. The summed E-state index contributed by atoms with van der Waals surface area (Å²) in [6.07, 6.45) is 0. The van der Waals surface area contributed by atoms with Gasteiger partial charge in [-0.1, -0.05) is 236 Å². The van der Waals surface area contributed by atoms with Gasteiger partial charge >= 0.3 is 0 Å². The van der Waals surface area contributed by atoms with Gasteiger partial charge in [0.15, 0.2) is 0 Å². The van der Waals surface area contributed by atoms with E-state index in [0.717, 1.165) is 61.2 Å². The van der Waals surface area contributed by atoms with Crippen molar-refractivity contribution in [3.8, 4) is 44.9 Å². The molecule has 2 heterocycles. The van der Waals surface area contributed by atoms with E-state index in [1.807, 2.05) is 11.8 Å². The first-order chi connectivity index (χ1) is 38.2. The molecule has 0 bridgehead atoms. The summed E-state index contributed by atoms with van der Waals surface area (Å²) in [4.78, 5) is 5.10. The van der Waals surface area contributed by atoms with Gasteiger partial charge in [-0.05, 0) is 131 Å². The van der Waals surface area contributed by atoms with Crippen LogP contribution >= 0.6 is 11.8 Å². The molecule has 3 heteroatoms. The summed E-state index contributed by atoms with van der Waals surface area (Å²) < 4.78 is 7.60. The lowest BCUT2D eigenvalue weighted by atomic mass is 9.65. The van der Waals surface area contributed by atoms with Crippen LogP contribution in [0.5, 0.6) is 11.5 Å². The van der Waals surface area contributed by atoms with Crippen LogP contribution in [0.15, 0.2) is 283 Å². The third kappa shape index (κ3) is 5.76. The third-order valence-electron chi connectivity index (χ3n) is 17.3. The number of ether oxygens (including phenoxy) is 1. The molecule has 0 N–H and O–H groups in total. The Hall–Kier alpha value is -9.41. The summed E-state index contributed by atoms with van der Waals surface area (Å²) in [7, 11) is 0. The largest absolute Gasteiger partial charge is 0.455 e. The monoisotopic (exact) mass is 995 g/mol. The maximum Gasteiger partial charge on any atom is 0.140 e. The zero-order valence-electron chi connectivity index (χ0n) is 41.7. The Morgan fingerprint density at radius 3 is 1.49 bits per heavy atom. The fourth-order valence-electron chi connectivity index (χ4n) is 14.2. The summed E-state index contributed by atoms with van der Waals surface area (Å²) in [6.45, 7) is 0. The van der Waals surface area contributed by atoms with Gasteiger partial charge in [-0.2, -0.15) is 0 Å². The van der Waals surface area contributed by atoms with Gasteiger partial charge in [0.1, 0.15) is 11.5 Å². The lowest BCUT2D eigenvalue weighted by Gasteiger charge is -2.42. The van der Waals surface area contributed by atoms with Crippen molar-refractivity contribution in [3.05, 3.63) is 317 Å². The summed E-state index contributed by atoms with van der Waals surface area (Å²) in [5, 5.41) is 6.79. The Labute approximate surface area is 451 Å². The molecular formula is C74H45NOS. The van der Waals surface area contributed by atoms with Gasteiger partial charge in [0.25, 0.3) is 0 Å². The summed E-state index contributed by atoms with van der Waals surface area (Å²) >= 11 is 1.89. The number of hydrogen-bond donors (Lipinski definition) is 0. The van der Waals surface area contributed by atoms with Crippen LogP contribution in [0.4, 0.5) is 17.1 Å². The number of hydrogen-bond acceptors (Lipinski definition) is 3. The van der Waals surface area contributed by atoms with E-state index >= 15 is 0 Å². The molecule has 358 valence electrons. The zero-order valence-corrected chi connectivity index (χ0v) is 42.6. The maximum absolute atomic E-state index is 7.60. The third-order valence-corrected chi connectivity index (χ3v) is 18.5. The number of nitrogens with zero attached hydrogens (tertiary/aromatic N) is 1. The van der Waals surface area contributed by atoms with Gasteiger partial charge in [0, 0.05) is 48.5 Å². The molecule has 0 saturated heterocycles. The van der Waals surface area contributed by atoms with Crippen LogP contribution in [0.1, 0.15) is 44.5 Å². The zero-order chi connectivity index (χ0) is 50.4. The van der Waals surface area contributed by atoms with Gasteiger partial charge in [-0.3, -0.25) is 0 Å². The smallest absolute Gasteiger partial charge is 0.140 e. The first-order valence-electron chi connectivity index (χ1n) is 26.6. The highest BCUT2D eigenvalue weighted by molar-refractivity contribution is 7.99. The van der Waals surface area contributed by atoms with Crippen LogP contribution in [-0.2, 0) is 10.8 Å². The molecule has 2 aliphatic carbocycles. The highest BCUT2D eigenvalue weighted by atomic mass is 32.2. The maximum atomic E-state index is 7.60. The minimum Gasteiger partial charge on any atom is -0.455 e. The lowest BCUT2D eigenvalue weighted by molar-refractivity contribution is 0.447. The van der Waals surface area contributed by atoms with Gasteiger partial charge in [0.2, 0.25) is 0 Å². The van der Waals surface area contributed by atoms with Gasteiger partial charge in [-0.15, -0.1) is 0 Å². The molecule has 0 atom stereocenters. The normalized spacial score (nSPS) is 14.2. The predicted octanol–water partition coefficient (Wildman–Crippen LogP) is 19.6. The summed E-state index contributed by atoms with van der Waals surface area (Å²) in [5.41, 5.74) is 19.5. The summed E-state index contributed by atoms with van der Waals surface area (Å²) in [5.74, 6) is 1.80. The number of fused-ring (bicyclic) bond motifs is 23. The Morgan fingerprint density at radius 1 is 0.286 bits per heavy atom. The molecule has 77 heavy (non-hydrogen) atoms. The highest BCUT2D eigenvalue weighted by Crippen LogP contribution is 2.66. The lowest BCUT2D eigenvalue weighted by Crippen LogP contribution is -2.33. The molecule has 0 unspecified atom stereocenters. The molecule has 17 rings (SSSR count). The molecule has 0 aromatic heterocycles. The van der Waals surface area contributed by atoms with Crippen molar-refractivity contribution in [1.82, 2.24) is 0 Å².